The highest BCUT2D eigenvalue weighted by molar-refractivity contribution is 5.95. The summed E-state index contributed by atoms with van der Waals surface area (Å²) in [5, 5.41) is 10.5. The van der Waals surface area contributed by atoms with Crippen LogP contribution in [0.4, 0.5) is 0 Å². The van der Waals surface area contributed by atoms with Crippen molar-refractivity contribution in [2.75, 3.05) is 33.2 Å². The summed E-state index contributed by atoms with van der Waals surface area (Å²) >= 11 is 0. The first kappa shape index (κ1) is 15.4. The number of hydrogen-bond donors (Lipinski definition) is 1. The molecule has 120 valence electrons. The van der Waals surface area contributed by atoms with Crippen LogP contribution in [0.25, 0.3) is 0 Å². The second kappa shape index (κ2) is 5.97. The van der Waals surface area contributed by atoms with Crippen molar-refractivity contribution in [3.05, 3.63) is 29.6 Å². The predicted octanol–water partition coefficient (Wildman–Crippen LogP) is 1.31. The van der Waals surface area contributed by atoms with Gasteiger partial charge in [-0.15, -0.1) is 0 Å². The summed E-state index contributed by atoms with van der Waals surface area (Å²) in [6.07, 6.45) is 4.15. The number of aliphatic hydroxyl groups is 1. The van der Waals surface area contributed by atoms with E-state index in [0.29, 0.717) is 12.1 Å². The van der Waals surface area contributed by atoms with E-state index in [0.717, 1.165) is 44.6 Å². The van der Waals surface area contributed by atoms with E-state index < -0.39 is 0 Å². The summed E-state index contributed by atoms with van der Waals surface area (Å²) in [4.78, 5) is 21.2. The summed E-state index contributed by atoms with van der Waals surface area (Å²) in [7, 11) is 2.10. The molecule has 22 heavy (non-hydrogen) atoms. The van der Waals surface area contributed by atoms with Crippen LogP contribution >= 0.6 is 0 Å². The lowest BCUT2D eigenvalue weighted by Crippen LogP contribution is -2.59. The molecule has 1 spiro atoms. The van der Waals surface area contributed by atoms with Crippen molar-refractivity contribution < 1.29 is 9.90 Å². The smallest absolute Gasteiger partial charge is 0.255 e. The molecule has 1 aromatic rings. The van der Waals surface area contributed by atoms with E-state index in [4.69, 9.17) is 0 Å². The SMILES string of the molecule is Cc1ncccc1C(=O)N1CCC[C@]2(CN(C)CC[C@@H]2O)C1. The van der Waals surface area contributed by atoms with Gasteiger partial charge in [-0.25, -0.2) is 0 Å². The van der Waals surface area contributed by atoms with Crippen LogP contribution in [0.2, 0.25) is 0 Å². The Morgan fingerprint density at radius 3 is 3.00 bits per heavy atom. The normalized spacial score (nSPS) is 29.8. The van der Waals surface area contributed by atoms with Gasteiger partial charge in [-0.3, -0.25) is 9.78 Å². The number of amides is 1. The van der Waals surface area contributed by atoms with Gasteiger partial charge in [0.25, 0.3) is 5.91 Å². The van der Waals surface area contributed by atoms with Crippen molar-refractivity contribution in [3.8, 4) is 0 Å². The van der Waals surface area contributed by atoms with E-state index in [1.54, 1.807) is 6.20 Å². The topological polar surface area (TPSA) is 56.7 Å². The molecule has 0 aliphatic carbocycles. The quantitative estimate of drug-likeness (QED) is 0.850. The number of aliphatic hydroxyl groups excluding tert-OH is 1. The number of hydrogen-bond acceptors (Lipinski definition) is 4. The number of likely N-dealkylation sites (tertiary alicyclic amines) is 2. The molecule has 1 aromatic heterocycles. The first-order valence-electron chi connectivity index (χ1n) is 8.09. The summed E-state index contributed by atoms with van der Waals surface area (Å²) in [5.74, 6) is 0.0464. The van der Waals surface area contributed by atoms with Crippen molar-refractivity contribution in [2.45, 2.75) is 32.3 Å². The van der Waals surface area contributed by atoms with E-state index in [-0.39, 0.29) is 17.4 Å². The molecule has 2 aliphatic heterocycles. The summed E-state index contributed by atoms with van der Waals surface area (Å²) in [6, 6.07) is 3.65. The van der Waals surface area contributed by atoms with E-state index >= 15 is 0 Å². The predicted molar refractivity (Wildman–Crippen MR) is 84.7 cm³/mol. The third kappa shape index (κ3) is 2.75. The van der Waals surface area contributed by atoms with Crippen molar-refractivity contribution >= 4 is 5.91 Å². The van der Waals surface area contributed by atoms with Gasteiger partial charge in [-0.1, -0.05) is 0 Å². The van der Waals surface area contributed by atoms with Gasteiger partial charge in [0.2, 0.25) is 0 Å². The van der Waals surface area contributed by atoms with Gasteiger partial charge in [0.1, 0.15) is 0 Å². The monoisotopic (exact) mass is 303 g/mol. The van der Waals surface area contributed by atoms with Gasteiger partial charge in [-0.05, 0) is 45.4 Å². The second-order valence-electron chi connectivity index (χ2n) is 6.87. The maximum Gasteiger partial charge on any atom is 0.255 e. The van der Waals surface area contributed by atoms with Crippen LogP contribution in [0.5, 0.6) is 0 Å². The maximum atomic E-state index is 12.8. The van der Waals surface area contributed by atoms with Crippen LogP contribution < -0.4 is 0 Å². The van der Waals surface area contributed by atoms with Crippen molar-refractivity contribution in [1.82, 2.24) is 14.8 Å². The highest BCUT2D eigenvalue weighted by atomic mass is 16.3. The number of nitrogens with zero attached hydrogens (tertiary/aromatic N) is 3. The summed E-state index contributed by atoms with van der Waals surface area (Å²) in [6.45, 7) is 5.08. The molecular formula is C17H25N3O2. The molecule has 2 atom stereocenters. The largest absolute Gasteiger partial charge is 0.392 e. The Hall–Kier alpha value is -1.46. The standard InChI is InChI=1S/C17H25N3O2/c1-13-14(5-3-8-18-13)16(22)20-9-4-7-17(12-20)11-19(2)10-6-15(17)21/h3,5,8,15,21H,4,6-7,9-12H2,1-2H3/t15-,17-/m0/s1. The van der Waals surface area contributed by atoms with E-state index in [9.17, 15) is 9.90 Å². The molecule has 0 radical (unpaired) electrons. The molecule has 5 heteroatoms. The van der Waals surface area contributed by atoms with Crippen LogP contribution in [0.1, 0.15) is 35.3 Å². The van der Waals surface area contributed by atoms with Gasteiger partial charge in [0.05, 0.1) is 11.7 Å². The van der Waals surface area contributed by atoms with Crippen LogP contribution in [-0.2, 0) is 0 Å². The van der Waals surface area contributed by atoms with E-state index in [2.05, 4.69) is 16.9 Å². The minimum absolute atomic E-state index is 0.0464. The van der Waals surface area contributed by atoms with Gasteiger partial charge in [-0.2, -0.15) is 0 Å². The van der Waals surface area contributed by atoms with Crippen molar-refractivity contribution in [1.29, 1.82) is 0 Å². The molecule has 3 heterocycles. The Labute approximate surface area is 131 Å². The fourth-order valence-corrected chi connectivity index (χ4v) is 3.99. The molecule has 1 amide bonds. The molecule has 2 saturated heterocycles. The number of carbonyl (C=O) groups is 1. The summed E-state index contributed by atoms with van der Waals surface area (Å²) < 4.78 is 0. The minimum Gasteiger partial charge on any atom is -0.392 e. The Kier molecular flexibility index (Phi) is 4.19. The molecule has 0 bridgehead atoms. The third-order valence-corrected chi connectivity index (χ3v) is 5.21. The summed E-state index contributed by atoms with van der Waals surface area (Å²) in [5.41, 5.74) is 1.28. The minimum atomic E-state index is -0.311. The molecular weight excluding hydrogens is 278 g/mol. The number of aromatic nitrogens is 1. The average Bonchev–Trinajstić information content (AvgIpc) is 2.51. The highest BCUT2D eigenvalue weighted by Crippen LogP contribution is 2.38. The van der Waals surface area contributed by atoms with Crippen LogP contribution in [0.3, 0.4) is 0 Å². The molecule has 0 aromatic carbocycles. The number of piperidine rings is 2. The molecule has 0 saturated carbocycles. The Balaban J connectivity index is 1.81. The molecule has 3 rings (SSSR count). The van der Waals surface area contributed by atoms with Crippen molar-refractivity contribution in [2.24, 2.45) is 5.41 Å². The lowest BCUT2D eigenvalue weighted by Gasteiger charge is -2.50. The zero-order valence-electron chi connectivity index (χ0n) is 13.5. The second-order valence-corrected chi connectivity index (χ2v) is 6.87. The lowest BCUT2D eigenvalue weighted by molar-refractivity contribution is -0.0731. The van der Waals surface area contributed by atoms with Crippen molar-refractivity contribution in [3.63, 3.8) is 0 Å². The molecule has 1 N–H and O–H groups in total. The number of rotatable bonds is 1. The Bertz CT molecular complexity index is 563. The fraction of sp³-hybridized carbons (Fsp3) is 0.647. The van der Waals surface area contributed by atoms with Gasteiger partial charge in [0, 0.05) is 43.5 Å². The molecule has 0 unspecified atom stereocenters. The van der Waals surface area contributed by atoms with E-state index in [1.165, 1.54) is 0 Å². The third-order valence-electron chi connectivity index (χ3n) is 5.21. The molecule has 2 fully saturated rings. The van der Waals surface area contributed by atoms with E-state index in [1.807, 2.05) is 24.0 Å². The molecule has 2 aliphatic rings. The first-order chi connectivity index (χ1) is 10.5. The van der Waals surface area contributed by atoms with Gasteiger partial charge < -0.3 is 14.9 Å². The maximum absolute atomic E-state index is 12.8. The van der Waals surface area contributed by atoms with Crippen LogP contribution in [-0.4, -0.2) is 65.1 Å². The average molecular weight is 303 g/mol. The number of aryl methyl sites for hydroxylation is 1. The Morgan fingerprint density at radius 1 is 1.41 bits per heavy atom. The fourth-order valence-electron chi connectivity index (χ4n) is 3.99. The van der Waals surface area contributed by atoms with Gasteiger partial charge in [0.15, 0.2) is 0 Å². The van der Waals surface area contributed by atoms with Gasteiger partial charge >= 0.3 is 0 Å². The lowest BCUT2D eigenvalue weighted by atomic mass is 9.71. The zero-order valence-corrected chi connectivity index (χ0v) is 13.5. The number of pyridine rings is 1. The first-order valence-corrected chi connectivity index (χ1v) is 8.09. The number of carbonyl (C=O) groups excluding carboxylic acids is 1. The van der Waals surface area contributed by atoms with Crippen LogP contribution in [0.15, 0.2) is 18.3 Å². The Morgan fingerprint density at radius 2 is 2.23 bits per heavy atom. The highest BCUT2D eigenvalue weighted by Gasteiger charge is 2.45. The van der Waals surface area contributed by atoms with Crippen LogP contribution in [0, 0.1) is 12.3 Å². The zero-order chi connectivity index (χ0) is 15.7. The molecule has 5 nitrogen and oxygen atoms in total.